The molecule has 2 atom stereocenters. The molecule has 4 aliphatic rings. The highest BCUT2D eigenvalue weighted by Gasteiger charge is 2.54. The highest BCUT2D eigenvalue weighted by molar-refractivity contribution is 7.98. The van der Waals surface area contributed by atoms with E-state index in [1.165, 1.54) is 19.3 Å². The average Bonchev–Trinajstić information content (AvgIpc) is 3.01. The molecule has 0 radical (unpaired) electrons. The number of aliphatic carboxylic acids is 1. The van der Waals surface area contributed by atoms with Crippen LogP contribution in [0.5, 0.6) is 0 Å². The Kier molecular flexibility index (Phi) is 9.16. The fourth-order valence-electron chi connectivity index (χ4n) is 8.81. The Morgan fingerprint density at radius 1 is 1.00 bits per heavy atom. The van der Waals surface area contributed by atoms with E-state index in [2.05, 4.69) is 16.4 Å². The topological polar surface area (TPSA) is 99.5 Å². The van der Waals surface area contributed by atoms with Crippen LogP contribution >= 0.6 is 11.8 Å². The zero-order valence-electron chi connectivity index (χ0n) is 25.8. The Bertz CT molecular complexity index is 1490. The van der Waals surface area contributed by atoms with Crippen molar-refractivity contribution >= 4 is 23.6 Å². The lowest BCUT2D eigenvalue weighted by Gasteiger charge is -2.58. The largest absolute Gasteiger partial charge is 0.480 e. The second-order valence-corrected chi connectivity index (χ2v) is 14.6. The van der Waals surface area contributed by atoms with E-state index in [1.54, 1.807) is 11.8 Å². The van der Waals surface area contributed by atoms with Crippen molar-refractivity contribution in [3.05, 3.63) is 88.7 Å². The molecule has 7 rings (SSSR count). The number of carboxylic acids is 1. The van der Waals surface area contributed by atoms with Gasteiger partial charge in [0, 0.05) is 23.4 Å². The number of nitrogens with one attached hydrogen (secondary N) is 1. The number of nitrogens with zero attached hydrogens (tertiary/aromatic N) is 1. The molecular weight excluding hydrogens is 568 g/mol. The van der Waals surface area contributed by atoms with Gasteiger partial charge in [-0.15, -0.1) is 0 Å². The predicted molar refractivity (Wildman–Crippen MR) is 176 cm³/mol. The van der Waals surface area contributed by atoms with E-state index in [1.807, 2.05) is 68.0 Å². The van der Waals surface area contributed by atoms with E-state index in [0.717, 1.165) is 83.2 Å². The number of aryl methyl sites for hydroxylation is 3. The van der Waals surface area contributed by atoms with Crippen LogP contribution in [0.4, 0.5) is 0 Å². The minimum Gasteiger partial charge on any atom is -0.480 e. The molecule has 4 saturated carbocycles. The molecule has 4 bridgehead atoms. The van der Waals surface area contributed by atoms with Crippen molar-refractivity contribution in [3.8, 4) is 11.1 Å². The van der Waals surface area contributed by atoms with E-state index >= 15 is 0 Å². The smallest absolute Gasteiger partial charge is 0.326 e. The summed E-state index contributed by atoms with van der Waals surface area (Å²) < 4.78 is 0. The van der Waals surface area contributed by atoms with Crippen molar-refractivity contribution in [1.29, 1.82) is 0 Å². The highest BCUT2D eigenvalue weighted by atomic mass is 32.2. The van der Waals surface area contributed by atoms with Gasteiger partial charge in [0.25, 0.3) is 5.91 Å². The Morgan fingerprint density at radius 3 is 2.36 bits per heavy atom. The Labute approximate surface area is 265 Å². The summed E-state index contributed by atoms with van der Waals surface area (Å²) in [4.78, 5) is 29.8. The minimum atomic E-state index is -1.02. The predicted octanol–water partition coefficient (Wildman–Crippen LogP) is 7.03. The number of carbonyl (C=O) groups is 2. The first-order valence-electron chi connectivity index (χ1n) is 16.1. The Hall–Kier alpha value is -3.16. The number of carboxylic acid groups (broad SMARTS) is 1. The van der Waals surface area contributed by atoms with Crippen LogP contribution < -0.4 is 5.32 Å². The van der Waals surface area contributed by atoms with Gasteiger partial charge in [-0.1, -0.05) is 36.4 Å². The second-order valence-electron chi connectivity index (χ2n) is 13.6. The van der Waals surface area contributed by atoms with Crippen LogP contribution in [0, 0.1) is 30.1 Å². The summed E-state index contributed by atoms with van der Waals surface area (Å²) in [6.45, 7) is 2.02. The third-order valence-corrected chi connectivity index (χ3v) is 11.2. The lowest BCUT2D eigenvalue weighted by Crippen LogP contribution is -2.49. The number of hydrogen-bond acceptors (Lipinski definition) is 5. The zero-order valence-corrected chi connectivity index (χ0v) is 26.6. The van der Waals surface area contributed by atoms with Gasteiger partial charge in [-0.3, -0.25) is 9.78 Å². The molecule has 232 valence electrons. The molecule has 3 N–H and O–H groups in total. The van der Waals surface area contributed by atoms with Gasteiger partial charge in [0.1, 0.15) is 6.04 Å². The number of carbonyl (C=O) groups excluding carboxylic acids is 1. The maximum Gasteiger partial charge on any atom is 0.326 e. The molecule has 4 fully saturated rings. The third kappa shape index (κ3) is 6.32. The van der Waals surface area contributed by atoms with Crippen molar-refractivity contribution < 1.29 is 19.8 Å². The highest BCUT2D eigenvalue weighted by Crippen LogP contribution is 2.64. The lowest BCUT2D eigenvalue weighted by molar-refractivity contribution is -0.139. The Balaban J connectivity index is 1.25. The van der Waals surface area contributed by atoms with E-state index < -0.39 is 18.1 Å². The van der Waals surface area contributed by atoms with Gasteiger partial charge in [0.15, 0.2) is 0 Å². The molecule has 1 heterocycles. The third-order valence-electron chi connectivity index (χ3n) is 10.6. The fourth-order valence-corrected chi connectivity index (χ4v) is 9.28. The first kappa shape index (κ1) is 30.8. The molecule has 2 aromatic carbocycles. The normalized spacial score (nSPS) is 25.0. The number of benzene rings is 2. The van der Waals surface area contributed by atoms with Crippen LogP contribution in [0.3, 0.4) is 0 Å². The zero-order chi connectivity index (χ0) is 30.8. The first-order chi connectivity index (χ1) is 21.3. The second kappa shape index (κ2) is 13.1. The quantitative estimate of drug-likeness (QED) is 0.203. The number of pyridine rings is 1. The van der Waals surface area contributed by atoms with Gasteiger partial charge in [-0.05, 0) is 140 Å². The summed E-state index contributed by atoms with van der Waals surface area (Å²) in [6.07, 6.45) is 14.5. The summed E-state index contributed by atoms with van der Waals surface area (Å²) in [5, 5.41) is 24.4. The van der Waals surface area contributed by atoms with Crippen molar-refractivity contribution in [2.75, 3.05) is 12.0 Å². The summed E-state index contributed by atoms with van der Waals surface area (Å²) >= 11 is 1.56. The van der Waals surface area contributed by atoms with Gasteiger partial charge in [-0.25, -0.2) is 4.79 Å². The molecule has 44 heavy (non-hydrogen) atoms. The van der Waals surface area contributed by atoms with E-state index in [4.69, 9.17) is 0 Å². The monoisotopic (exact) mass is 612 g/mol. The molecule has 6 nitrogen and oxygen atoms in total. The molecule has 1 amide bonds. The van der Waals surface area contributed by atoms with E-state index in [9.17, 15) is 19.8 Å². The number of aromatic nitrogens is 1. The fraction of sp³-hybridized carbons (Fsp3) is 0.486. The van der Waals surface area contributed by atoms with Crippen molar-refractivity contribution in [1.82, 2.24) is 10.3 Å². The van der Waals surface area contributed by atoms with Crippen molar-refractivity contribution in [2.45, 2.75) is 76.9 Å². The molecule has 7 heteroatoms. The maximum atomic E-state index is 13.5. The molecule has 0 saturated heterocycles. The van der Waals surface area contributed by atoms with Crippen molar-refractivity contribution in [2.24, 2.45) is 23.2 Å². The standard InChI is InChI=1S/C37H44N2O4S/c1-23-5-3-4-6-29(23)32-18-24(8-10-31(32)35(41)39-33(36(42)43)12-14-44-2)7-9-28-22-38-13-11-30(28)34(40)37-19-25-15-26(20-37)17-27(16-25)21-37/h3-6,8,10-11,13,18,22,25-27,33-34,40H,7,9,12,14-17,19-21H2,1-2H3,(H,39,41)(H,42,43). The molecule has 1 aromatic heterocycles. The van der Waals surface area contributed by atoms with E-state index in [-0.39, 0.29) is 11.3 Å². The van der Waals surface area contributed by atoms with Gasteiger partial charge in [-0.2, -0.15) is 11.8 Å². The first-order valence-corrected chi connectivity index (χ1v) is 17.5. The van der Waals surface area contributed by atoms with Crippen LogP contribution in [-0.2, 0) is 17.6 Å². The number of thioether (sulfide) groups is 1. The van der Waals surface area contributed by atoms with E-state index in [0.29, 0.717) is 17.7 Å². The number of aliphatic hydroxyl groups excluding tert-OH is 1. The van der Waals surface area contributed by atoms with Crippen LogP contribution in [0.15, 0.2) is 60.9 Å². The summed E-state index contributed by atoms with van der Waals surface area (Å²) in [7, 11) is 0. The van der Waals surface area contributed by atoms with Crippen LogP contribution in [-0.4, -0.2) is 45.1 Å². The summed E-state index contributed by atoms with van der Waals surface area (Å²) in [5.74, 6) is 1.56. The Morgan fingerprint density at radius 2 is 1.70 bits per heavy atom. The van der Waals surface area contributed by atoms with Crippen LogP contribution in [0.2, 0.25) is 0 Å². The average molecular weight is 613 g/mol. The molecule has 2 unspecified atom stereocenters. The minimum absolute atomic E-state index is 0.00148. The van der Waals surface area contributed by atoms with Crippen LogP contribution in [0.25, 0.3) is 11.1 Å². The SMILES string of the molecule is CSCCC(NC(=O)c1ccc(CCc2cnccc2C(O)C23CC4CC(CC(C4)C2)C3)cc1-c1ccccc1C)C(=O)O. The molecule has 4 aliphatic carbocycles. The van der Waals surface area contributed by atoms with Gasteiger partial charge in [0.05, 0.1) is 6.10 Å². The van der Waals surface area contributed by atoms with Crippen LogP contribution in [0.1, 0.15) is 83.7 Å². The molecule has 0 spiro atoms. The summed E-state index contributed by atoms with van der Waals surface area (Å²) in [5.41, 5.74) is 6.47. The summed E-state index contributed by atoms with van der Waals surface area (Å²) in [6, 6.07) is 14.9. The van der Waals surface area contributed by atoms with Gasteiger partial charge < -0.3 is 15.5 Å². The maximum absolute atomic E-state index is 13.5. The number of hydrogen-bond donors (Lipinski definition) is 3. The van der Waals surface area contributed by atoms with Gasteiger partial charge >= 0.3 is 5.97 Å². The molecule has 3 aromatic rings. The molecular formula is C37H44N2O4S. The number of amides is 1. The number of aliphatic hydroxyl groups is 1. The number of rotatable bonds is 12. The molecule has 0 aliphatic heterocycles. The van der Waals surface area contributed by atoms with Gasteiger partial charge in [0.2, 0.25) is 0 Å². The van der Waals surface area contributed by atoms with Crippen molar-refractivity contribution in [3.63, 3.8) is 0 Å². The lowest BCUT2D eigenvalue weighted by atomic mass is 9.47.